The maximum Gasteiger partial charge on any atom is 0.306 e. The molecule has 1 atom stereocenters. The number of esters is 1. The number of benzene rings is 1. The van der Waals surface area contributed by atoms with Gasteiger partial charge in [0.05, 0.1) is 11.4 Å². The van der Waals surface area contributed by atoms with Crippen LogP contribution in [0.5, 0.6) is 0 Å². The molecule has 2 aliphatic heterocycles. The Bertz CT molecular complexity index is 677. The molecule has 1 N–H and O–H groups in total. The summed E-state index contributed by atoms with van der Waals surface area (Å²) in [6, 6.07) is 7.08. The van der Waals surface area contributed by atoms with Crippen molar-refractivity contribution in [1.29, 1.82) is 0 Å². The van der Waals surface area contributed by atoms with Crippen molar-refractivity contribution in [2.75, 3.05) is 29.1 Å². The standard InChI is InChI=1S/C18H22N2O4S2/c21-16-11-20(15-7-3-2-6-14(15)19-16)17(22)12-24-18(23)8-4-1-5-13-9-10-25-26-13/h2-3,6-7,13H,1,4-5,8-12H2,(H,19,21)/t13-/m1/s1. The molecule has 0 aromatic heterocycles. The molecule has 0 saturated carbocycles. The van der Waals surface area contributed by atoms with Crippen molar-refractivity contribution >= 4 is 50.7 Å². The van der Waals surface area contributed by atoms with Crippen LogP contribution < -0.4 is 10.2 Å². The van der Waals surface area contributed by atoms with Crippen molar-refractivity contribution in [3.8, 4) is 0 Å². The van der Waals surface area contributed by atoms with Gasteiger partial charge >= 0.3 is 5.97 Å². The fourth-order valence-corrected chi connectivity index (χ4v) is 5.98. The van der Waals surface area contributed by atoms with Crippen LogP contribution >= 0.6 is 21.6 Å². The normalized spacial score (nSPS) is 19.0. The zero-order valence-corrected chi connectivity index (χ0v) is 16.1. The van der Waals surface area contributed by atoms with Crippen LogP contribution in [0.25, 0.3) is 0 Å². The van der Waals surface area contributed by atoms with E-state index in [2.05, 4.69) is 5.32 Å². The van der Waals surface area contributed by atoms with E-state index in [-0.39, 0.29) is 30.9 Å². The van der Waals surface area contributed by atoms with Gasteiger partial charge in [0.1, 0.15) is 6.54 Å². The number of unbranched alkanes of at least 4 members (excludes halogenated alkanes) is 1. The van der Waals surface area contributed by atoms with Crippen LogP contribution in [0.15, 0.2) is 24.3 Å². The van der Waals surface area contributed by atoms with E-state index < -0.39 is 0 Å². The van der Waals surface area contributed by atoms with E-state index in [0.717, 1.165) is 19.3 Å². The van der Waals surface area contributed by atoms with Crippen LogP contribution in [0, 0.1) is 0 Å². The molecule has 2 aliphatic rings. The molecule has 2 heterocycles. The number of fused-ring (bicyclic) bond motifs is 1. The highest BCUT2D eigenvalue weighted by Gasteiger charge is 2.27. The van der Waals surface area contributed by atoms with E-state index >= 15 is 0 Å². The van der Waals surface area contributed by atoms with Gasteiger partial charge in [-0.1, -0.05) is 40.1 Å². The van der Waals surface area contributed by atoms with Gasteiger partial charge in [0.15, 0.2) is 6.61 Å². The van der Waals surface area contributed by atoms with Gasteiger partial charge in [0.2, 0.25) is 5.91 Å². The number of nitrogens with zero attached hydrogens (tertiary/aromatic N) is 1. The molecule has 8 heteroatoms. The summed E-state index contributed by atoms with van der Waals surface area (Å²) in [5.74, 6) is 0.213. The van der Waals surface area contributed by atoms with E-state index in [4.69, 9.17) is 4.74 Å². The van der Waals surface area contributed by atoms with Crippen LogP contribution in [0.1, 0.15) is 32.1 Å². The summed E-state index contributed by atoms with van der Waals surface area (Å²) in [4.78, 5) is 37.3. The second kappa shape index (κ2) is 9.32. The molecule has 0 aliphatic carbocycles. The summed E-state index contributed by atoms with van der Waals surface area (Å²) >= 11 is 0. The lowest BCUT2D eigenvalue weighted by Crippen LogP contribution is -2.44. The first kappa shape index (κ1) is 19.1. The summed E-state index contributed by atoms with van der Waals surface area (Å²) in [5, 5.41) is 3.43. The Morgan fingerprint density at radius 1 is 1.27 bits per heavy atom. The van der Waals surface area contributed by atoms with Gasteiger partial charge < -0.3 is 10.1 Å². The van der Waals surface area contributed by atoms with Crippen molar-refractivity contribution in [2.45, 2.75) is 37.4 Å². The average molecular weight is 395 g/mol. The molecule has 0 spiro atoms. The van der Waals surface area contributed by atoms with Gasteiger partial charge in [-0.15, -0.1) is 0 Å². The maximum atomic E-state index is 12.4. The summed E-state index contributed by atoms with van der Waals surface area (Å²) in [5.41, 5.74) is 1.21. The van der Waals surface area contributed by atoms with Crippen molar-refractivity contribution in [3.05, 3.63) is 24.3 Å². The molecule has 1 fully saturated rings. The molecule has 2 amide bonds. The molecule has 0 unspecified atom stereocenters. The number of nitrogens with one attached hydrogen (secondary N) is 1. The van der Waals surface area contributed by atoms with E-state index in [9.17, 15) is 14.4 Å². The number of amides is 2. The van der Waals surface area contributed by atoms with Crippen LogP contribution in [0.4, 0.5) is 11.4 Å². The van der Waals surface area contributed by atoms with Crippen LogP contribution in [0.3, 0.4) is 0 Å². The Kier molecular flexibility index (Phi) is 6.85. The average Bonchev–Trinajstić information content (AvgIpc) is 3.16. The molecular formula is C18H22N2O4S2. The highest BCUT2D eigenvalue weighted by Crippen LogP contribution is 2.39. The predicted molar refractivity (Wildman–Crippen MR) is 105 cm³/mol. The molecule has 0 radical (unpaired) electrons. The Labute approximate surface area is 160 Å². The van der Waals surface area contributed by atoms with Gasteiger partial charge in [-0.05, 0) is 31.4 Å². The number of ether oxygens (including phenoxy) is 1. The van der Waals surface area contributed by atoms with E-state index in [1.807, 2.05) is 21.6 Å². The van der Waals surface area contributed by atoms with Crippen LogP contribution in [-0.4, -0.2) is 41.9 Å². The van der Waals surface area contributed by atoms with Gasteiger partial charge in [0.25, 0.3) is 5.91 Å². The first-order valence-electron chi connectivity index (χ1n) is 8.76. The first-order valence-corrected chi connectivity index (χ1v) is 11.1. The maximum absolute atomic E-state index is 12.4. The Balaban J connectivity index is 1.40. The number of carbonyl (C=O) groups is 3. The quantitative estimate of drug-likeness (QED) is 0.435. The Morgan fingerprint density at radius 2 is 2.12 bits per heavy atom. The molecule has 1 aromatic carbocycles. The van der Waals surface area contributed by atoms with E-state index in [1.54, 1.807) is 24.3 Å². The first-order chi connectivity index (χ1) is 12.6. The van der Waals surface area contributed by atoms with Crippen molar-refractivity contribution < 1.29 is 19.1 Å². The van der Waals surface area contributed by atoms with Crippen molar-refractivity contribution in [2.24, 2.45) is 0 Å². The lowest BCUT2D eigenvalue weighted by molar-refractivity contribution is -0.148. The highest BCUT2D eigenvalue weighted by atomic mass is 33.1. The Hall–Kier alpha value is -1.67. The molecular weight excluding hydrogens is 372 g/mol. The summed E-state index contributed by atoms with van der Waals surface area (Å²) in [6.07, 6.45) is 4.49. The molecule has 140 valence electrons. The highest BCUT2D eigenvalue weighted by molar-refractivity contribution is 8.77. The summed E-state index contributed by atoms with van der Waals surface area (Å²) in [6.45, 7) is -0.403. The molecule has 1 saturated heterocycles. The third-order valence-corrected chi connectivity index (χ3v) is 7.32. The van der Waals surface area contributed by atoms with Gasteiger partial charge in [-0.2, -0.15) is 0 Å². The molecule has 6 nitrogen and oxygen atoms in total. The minimum atomic E-state index is -0.389. The number of rotatable bonds is 7. The fraction of sp³-hybridized carbons (Fsp3) is 0.500. The monoisotopic (exact) mass is 394 g/mol. The van der Waals surface area contributed by atoms with Crippen LogP contribution in [0.2, 0.25) is 0 Å². The number of para-hydroxylation sites is 2. The second-order valence-electron chi connectivity index (χ2n) is 6.28. The molecule has 3 rings (SSSR count). The minimum absolute atomic E-state index is 0.0650. The third kappa shape index (κ3) is 5.17. The van der Waals surface area contributed by atoms with Crippen molar-refractivity contribution in [3.63, 3.8) is 0 Å². The lowest BCUT2D eigenvalue weighted by atomic mass is 10.1. The molecule has 1 aromatic rings. The van der Waals surface area contributed by atoms with E-state index in [1.165, 1.54) is 17.1 Å². The van der Waals surface area contributed by atoms with E-state index in [0.29, 0.717) is 23.0 Å². The fourth-order valence-electron chi connectivity index (χ4n) is 2.95. The second-order valence-corrected chi connectivity index (χ2v) is 9.07. The number of hydrogen-bond donors (Lipinski definition) is 1. The molecule has 26 heavy (non-hydrogen) atoms. The predicted octanol–water partition coefficient (Wildman–Crippen LogP) is 3.23. The number of carbonyl (C=O) groups excluding carboxylic acids is 3. The number of anilines is 2. The van der Waals surface area contributed by atoms with Crippen molar-refractivity contribution in [1.82, 2.24) is 0 Å². The van der Waals surface area contributed by atoms with Crippen LogP contribution in [-0.2, 0) is 19.1 Å². The van der Waals surface area contributed by atoms with Gasteiger partial charge in [-0.25, -0.2) is 0 Å². The minimum Gasteiger partial charge on any atom is -0.456 e. The Morgan fingerprint density at radius 3 is 2.92 bits per heavy atom. The summed E-state index contributed by atoms with van der Waals surface area (Å²) < 4.78 is 5.11. The lowest BCUT2D eigenvalue weighted by Gasteiger charge is -2.28. The summed E-state index contributed by atoms with van der Waals surface area (Å²) in [7, 11) is 3.86. The SMILES string of the molecule is O=C1CN(C(=O)COC(=O)CCCC[C@@H]2CCSS2)c2ccccc2N1. The van der Waals surface area contributed by atoms with Gasteiger partial charge in [-0.3, -0.25) is 19.3 Å². The smallest absolute Gasteiger partial charge is 0.306 e. The zero-order valence-electron chi connectivity index (χ0n) is 14.4. The molecule has 0 bridgehead atoms. The third-order valence-electron chi connectivity index (χ3n) is 4.31. The number of hydrogen-bond acceptors (Lipinski definition) is 6. The largest absolute Gasteiger partial charge is 0.456 e. The zero-order chi connectivity index (χ0) is 18.4. The topological polar surface area (TPSA) is 75.7 Å². The van der Waals surface area contributed by atoms with Gasteiger partial charge in [0, 0.05) is 17.4 Å².